The number of hydrogen-bond acceptors (Lipinski definition) is 1. The molecular formula is C9H11Br2CoO. The van der Waals surface area contributed by atoms with Crippen molar-refractivity contribution >= 4 is 33.1 Å². The van der Waals surface area contributed by atoms with E-state index in [2.05, 4.69) is 34.4 Å². The molecule has 0 atom stereocenters. The van der Waals surface area contributed by atoms with Crippen LogP contribution in [-0.4, -0.2) is 4.72 Å². The molecule has 0 unspecified atom stereocenters. The Hall–Kier alpha value is 0.616. The van der Waals surface area contributed by atoms with Crippen LogP contribution in [0.3, 0.4) is 0 Å². The van der Waals surface area contributed by atoms with Crippen LogP contribution in [0.5, 0.6) is 0 Å². The summed E-state index contributed by atoms with van der Waals surface area (Å²) >= 11 is 6.57. The Labute approximate surface area is 96.9 Å². The molecule has 0 N–H and O–H groups in total. The van der Waals surface area contributed by atoms with Crippen LogP contribution in [0.25, 0.3) is 0 Å². The number of carbonyl (C=O) groups is 1. The van der Waals surface area contributed by atoms with Gasteiger partial charge in [0.2, 0.25) is 0 Å². The monoisotopic (exact) mass is 352 g/mol. The molecule has 0 bridgehead atoms. The van der Waals surface area contributed by atoms with E-state index in [1.165, 1.54) is 6.42 Å². The molecule has 13 heavy (non-hydrogen) atoms. The number of carbonyl (C=O) groups excluding carboxylic acids is 1. The number of hydrogen-bond donors (Lipinski definition) is 0. The average Bonchev–Trinajstić information content (AvgIpc) is 2.02. The van der Waals surface area contributed by atoms with Crippen molar-refractivity contribution in [2.45, 2.75) is 25.7 Å². The first kappa shape index (κ1) is 11.7. The van der Waals surface area contributed by atoms with Gasteiger partial charge in [-0.3, -0.25) is 0 Å². The molecule has 0 aromatic heterocycles. The van der Waals surface area contributed by atoms with Crippen molar-refractivity contribution in [3.05, 3.63) is 23.8 Å². The van der Waals surface area contributed by atoms with Crippen molar-refractivity contribution in [3.63, 3.8) is 0 Å². The average molecular weight is 354 g/mol. The topological polar surface area (TPSA) is 17.1 Å². The molecule has 0 amide bonds. The molecule has 0 saturated carbocycles. The van der Waals surface area contributed by atoms with Gasteiger partial charge < -0.3 is 0 Å². The summed E-state index contributed by atoms with van der Waals surface area (Å²) in [4.78, 5) is 11.6. The molecule has 0 saturated heterocycles. The van der Waals surface area contributed by atoms with E-state index in [1.807, 2.05) is 12.2 Å². The van der Waals surface area contributed by atoms with Crippen molar-refractivity contribution in [2.24, 2.45) is 0 Å². The summed E-state index contributed by atoms with van der Waals surface area (Å²) in [7, 11) is -0.800. The van der Waals surface area contributed by atoms with Gasteiger partial charge in [0, 0.05) is 0 Å². The molecule has 76 valence electrons. The molecule has 0 aliphatic heterocycles. The summed E-state index contributed by atoms with van der Waals surface area (Å²) in [6.45, 7) is 0. The Bertz CT molecular complexity index is 246. The fourth-order valence-electron chi connectivity index (χ4n) is 1.18. The molecule has 0 aromatic rings. The minimum absolute atomic E-state index is 0.207. The molecule has 0 fully saturated rings. The third kappa shape index (κ3) is 4.10. The van der Waals surface area contributed by atoms with Crippen molar-refractivity contribution in [1.29, 1.82) is 0 Å². The summed E-state index contributed by atoms with van der Waals surface area (Å²) < 4.78 is 0.207. The zero-order chi connectivity index (χ0) is 9.68. The SMILES string of the molecule is O=[C](C1=CC=CCCCC1)[Co]([Br])[Br]. The third-order valence-electron chi connectivity index (χ3n) is 1.85. The van der Waals surface area contributed by atoms with Gasteiger partial charge in [-0.05, 0) is 0 Å². The maximum atomic E-state index is 11.6. The summed E-state index contributed by atoms with van der Waals surface area (Å²) in [6, 6.07) is 0. The van der Waals surface area contributed by atoms with Crippen LogP contribution in [0.15, 0.2) is 23.8 Å². The van der Waals surface area contributed by atoms with Gasteiger partial charge in [0.15, 0.2) is 0 Å². The molecule has 0 radical (unpaired) electrons. The molecule has 1 nitrogen and oxygen atoms in total. The van der Waals surface area contributed by atoms with Crippen molar-refractivity contribution in [3.8, 4) is 0 Å². The molecule has 0 aromatic carbocycles. The minimum atomic E-state index is -0.800. The predicted molar refractivity (Wildman–Crippen MR) is 58.6 cm³/mol. The first-order chi connectivity index (χ1) is 6.22. The molecule has 0 spiro atoms. The van der Waals surface area contributed by atoms with E-state index >= 15 is 0 Å². The van der Waals surface area contributed by atoms with Crippen LogP contribution in [0.4, 0.5) is 0 Å². The maximum absolute atomic E-state index is 11.6. The van der Waals surface area contributed by atoms with E-state index in [4.69, 9.17) is 0 Å². The van der Waals surface area contributed by atoms with Gasteiger partial charge in [-0.2, -0.15) is 0 Å². The second kappa shape index (κ2) is 6.17. The van der Waals surface area contributed by atoms with Crippen LogP contribution in [0.2, 0.25) is 0 Å². The first-order valence-corrected chi connectivity index (χ1v) is 9.76. The Morgan fingerprint density at radius 3 is 2.85 bits per heavy atom. The molecule has 1 aliphatic carbocycles. The first-order valence-electron chi connectivity index (χ1n) is 4.09. The molecule has 0 heterocycles. The Balaban J connectivity index is 2.69. The number of halogens is 2. The Morgan fingerprint density at radius 1 is 1.38 bits per heavy atom. The van der Waals surface area contributed by atoms with Crippen LogP contribution in [-0.2, 0) is 14.9 Å². The normalized spacial score (nSPS) is 18.6. The van der Waals surface area contributed by atoms with Gasteiger partial charge in [0.1, 0.15) is 0 Å². The van der Waals surface area contributed by atoms with E-state index in [0.29, 0.717) is 0 Å². The second-order valence-electron chi connectivity index (χ2n) is 2.79. The molecule has 1 rings (SSSR count). The summed E-state index contributed by atoms with van der Waals surface area (Å²) in [5.74, 6) is 0. The third-order valence-corrected chi connectivity index (χ3v) is 4.52. The van der Waals surface area contributed by atoms with Gasteiger partial charge in [-0.1, -0.05) is 0 Å². The molecule has 1 aliphatic rings. The number of allylic oxidation sites excluding steroid dienone is 4. The van der Waals surface area contributed by atoms with Crippen LogP contribution < -0.4 is 0 Å². The second-order valence-corrected chi connectivity index (χ2v) is 11.1. The van der Waals surface area contributed by atoms with Crippen molar-refractivity contribution in [1.82, 2.24) is 0 Å². The van der Waals surface area contributed by atoms with E-state index in [0.717, 1.165) is 24.8 Å². The van der Waals surface area contributed by atoms with Crippen LogP contribution >= 0.6 is 28.3 Å². The predicted octanol–water partition coefficient (Wildman–Crippen LogP) is 3.81. The van der Waals surface area contributed by atoms with Gasteiger partial charge in [0.05, 0.1) is 0 Å². The fraction of sp³-hybridized carbons (Fsp3) is 0.444. The van der Waals surface area contributed by atoms with Crippen LogP contribution in [0.1, 0.15) is 25.7 Å². The van der Waals surface area contributed by atoms with E-state index in [-0.39, 0.29) is 4.72 Å². The van der Waals surface area contributed by atoms with Crippen LogP contribution in [0, 0.1) is 0 Å². The molecule has 4 heteroatoms. The summed E-state index contributed by atoms with van der Waals surface area (Å²) in [6.07, 6.45) is 10.4. The van der Waals surface area contributed by atoms with Gasteiger partial charge >= 0.3 is 97.4 Å². The van der Waals surface area contributed by atoms with E-state index in [9.17, 15) is 4.79 Å². The fourth-order valence-corrected chi connectivity index (χ4v) is 3.05. The van der Waals surface area contributed by atoms with Gasteiger partial charge in [-0.25, -0.2) is 0 Å². The quantitative estimate of drug-likeness (QED) is 0.737. The Kier molecular flexibility index (Phi) is 5.54. The zero-order valence-electron chi connectivity index (χ0n) is 7.06. The van der Waals surface area contributed by atoms with Gasteiger partial charge in [-0.15, -0.1) is 0 Å². The van der Waals surface area contributed by atoms with Crippen molar-refractivity contribution in [2.75, 3.05) is 0 Å². The molecular weight excluding hydrogens is 343 g/mol. The van der Waals surface area contributed by atoms with E-state index < -0.39 is 10.1 Å². The van der Waals surface area contributed by atoms with Gasteiger partial charge in [0.25, 0.3) is 0 Å². The summed E-state index contributed by atoms with van der Waals surface area (Å²) in [5, 5.41) is 0. The number of rotatable bonds is 2. The standard InChI is InChI=1S/C9H11O.2BrH.Co/c10-8-9-6-4-2-1-3-5-7-9;;;/h2,4,6H,1,3,5,7H2;2*1H;/q;;;+2/p-2. The van der Waals surface area contributed by atoms with Crippen molar-refractivity contribution < 1.29 is 14.9 Å². The summed E-state index contributed by atoms with van der Waals surface area (Å²) in [5.41, 5.74) is 0.940. The zero-order valence-corrected chi connectivity index (χ0v) is 11.3. The Morgan fingerprint density at radius 2 is 2.15 bits per heavy atom. The van der Waals surface area contributed by atoms with E-state index in [1.54, 1.807) is 0 Å².